The van der Waals surface area contributed by atoms with E-state index in [-0.39, 0.29) is 11.2 Å². The molecular formula is C17H23NO4. The van der Waals surface area contributed by atoms with Gasteiger partial charge in [-0.05, 0) is 31.7 Å². The number of hydrogen-bond acceptors (Lipinski definition) is 4. The van der Waals surface area contributed by atoms with Crippen LogP contribution >= 0.6 is 0 Å². The maximum Gasteiger partial charge on any atom is 0.339 e. The van der Waals surface area contributed by atoms with Gasteiger partial charge in [0.15, 0.2) is 0 Å². The van der Waals surface area contributed by atoms with Crippen molar-refractivity contribution in [1.82, 2.24) is 4.90 Å². The largest absolute Gasteiger partial charge is 0.491 e. The summed E-state index contributed by atoms with van der Waals surface area (Å²) in [6.07, 6.45) is 4.57. The molecule has 1 fully saturated rings. The lowest BCUT2D eigenvalue weighted by molar-refractivity contribution is -0.0823. The van der Waals surface area contributed by atoms with Crippen LogP contribution in [0.25, 0.3) is 0 Å². The fourth-order valence-corrected chi connectivity index (χ4v) is 3.33. The van der Waals surface area contributed by atoms with E-state index in [0.29, 0.717) is 12.4 Å². The number of carboxylic acid groups (broad SMARTS) is 1. The van der Waals surface area contributed by atoms with Crippen LogP contribution in [0.3, 0.4) is 0 Å². The molecule has 1 aliphatic carbocycles. The first-order chi connectivity index (χ1) is 10.6. The third kappa shape index (κ3) is 2.96. The molecule has 22 heavy (non-hydrogen) atoms. The molecule has 1 heterocycles. The second-order valence-electron chi connectivity index (χ2n) is 6.21. The van der Waals surface area contributed by atoms with Crippen molar-refractivity contribution < 1.29 is 19.4 Å². The summed E-state index contributed by atoms with van der Waals surface area (Å²) in [5.74, 6) is -0.402. The number of rotatable bonds is 5. The molecule has 5 heteroatoms. The predicted octanol–water partition coefficient (Wildman–Crippen LogP) is 2.54. The lowest BCUT2D eigenvalue weighted by Crippen LogP contribution is -2.42. The Morgan fingerprint density at radius 2 is 2.27 bits per heavy atom. The van der Waals surface area contributed by atoms with Gasteiger partial charge in [-0.3, -0.25) is 4.90 Å². The molecule has 0 amide bonds. The van der Waals surface area contributed by atoms with E-state index in [0.717, 1.165) is 44.5 Å². The number of nitrogens with zero attached hydrogens (tertiary/aromatic N) is 1. The summed E-state index contributed by atoms with van der Waals surface area (Å²) in [6.45, 7) is 3.02. The number of para-hydroxylation sites is 1. The SMILES string of the molecule is COC1(CCN2CCOc3c(cccc3C(=O)O)C2)CCC1. The van der Waals surface area contributed by atoms with Gasteiger partial charge in [-0.2, -0.15) is 0 Å². The van der Waals surface area contributed by atoms with Crippen molar-refractivity contribution in [3.05, 3.63) is 29.3 Å². The van der Waals surface area contributed by atoms with Gasteiger partial charge in [-0.15, -0.1) is 0 Å². The van der Waals surface area contributed by atoms with Crippen molar-refractivity contribution in [2.24, 2.45) is 0 Å². The summed E-state index contributed by atoms with van der Waals surface area (Å²) < 4.78 is 11.4. The first kappa shape index (κ1) is 15.3. The highest BCUT2D eigenvalue weighted by Gasteiger charge is 2.37. The normalized spacial score (nSPS) is 20.4. The maximum atomic E-state index is 11.3. The van der Waals surface area contributed by atoms with Gasteiger partial charge in [0.2, 0.25) is 0 Å². The molecule has 5 nitrogen and oxygen atoms in total. The minimum absolute atomic E-state index is 0.0684. The average molecular weight is 305 g/mol. The number of hydrogen-bond donors (Lipinski definition) is 1. The summed E-state index contributed by atoms with van der Waals surface area (Å²) in [5.41, 5.74) is 1.28. The van der Waals surface area contributed by atoms with Crippen LogP contribution in [0.4, 0.5) is 0 Å². The van der Waals surface area contributed by atoms with Gasteiger partial charge in [0.25, 0.3) is 0 Å². The second-order valence-corrected chi connectivity index (χ2v) is 6.21. The summed E-state index contributed by atoms with van der Waals surface area (Å²) >= 11 is 0. The van der Waals surface area contributed by atoms with Crippen molar-refractivity contribution in [3.8, 4) is 5.75 Å². The Morgan fingerprint density at radius 3 is 2.91 bits per heavy atom. The molecule has 120 valence electrons. The Kier molecular flexibility index (Phi) is 4.36. The molecule has 0 saturated heterocycles. The molecule has 1 saturated carbocycles. The highest BCUT2D eigenvalue weighted by molar-refractivity contribution is 5.91. The summed E-state index contributed by atoms with van der Waals surface area (Å²) in [7, 11) is 1.80. The van der Waals surface area contributed by atoms with E-state index in [2.05, 4.69) is 4.90 Å². The Bertz CT molecular complexity index is 548. The van der Waals surface area contributed by atoms with E-state index in [4.69, 9.17) is 9.47 Å². The van der Waals surface area contributed by atoms with Crippen LogP contribution < -0.4 is 4.74 Å². The quantitative estimate of drug-likeness (QED) is 0.906. The zero-order chi connectivity index (χ0) is 15.6. The third-order valence-corrected chi connectivity index (χ3v) is 4.96. The van der Waals surface area contributed by atoms with Crippen LogP contribution in [-0.2, 0) is 11.3 Å². The molecule has 3 rings (SSSR count). The molecule has 2 aliphatic rings. The molecule has 1 aromatic carbocycles. The van der Waals surface area contributed by atoms with Crippen molar-refractivity contribution in [2.45, 2.75) is 37.8 Å². The Hall–Kier alpha value is -1.59. The first-order valence-corrected chi connectivity index (χ1v) is 7.89. The summed E-state index contributed by atoms with van der Waals surface area (Å²) in [4.78, 5) is 13.6. The van der Waals surface area contributed by atoms with E-state index < -0.39 is 5.97 Å². The van der Waals surface area contributed by atoms with E-state index in [1.54, 1.807) is 19.2 Å². The van der Waals surface area contributed by atoms with Gasteiger partial charge >= 0.3 is 5.97 Å². The number of methoxy groups -OCH3 is 1. The highest BCUT2D eigenvalue weighted by atomic mass is 16.5. The molecule has 0 bridgehead atoms. The smallest absolute Gasteiger partial charge is 0.339 e. The number of ether oxygens (including phenoxy) is 2. The second kappa shape index (κ2) is 6.26. The number of fused-ring (bicyclic) bond motifs is 1. The van der Waals surface area contributed by atoms with Crippen LogP contribution in [0.5, 0.6) is 5.75 Å². The van der Waals surface area contributed by atoms with Crippen molar-refractivity contribution in [1.29, 1.82) is 0 Å². The van der Waals surface area contributed by atoms with Crippen LogP contribution in [-0.4, -0.2) is 48.4 Å². The van der Waals surface area contributed by atoms with Crippen molar-refractivity contribution in [3.63, 3.8) is 0 Å². The van der Waals surface area contributed by atoms with Gasteiger partial charge in [-0.1, -0.05) is 12.1 Å². The number of aromatic carboxylic acids is 1. The molecule has 0 unspecified atom stereocenters. The Morgan fingerprint density at radius 1 is 1.45 bits per heavy atom. The Balaban J connectivity index is 1.69. The van der Waals surface area contributed by atoms with Crippen LogP contribution in [0.1, 0.15) is 41.6 Å². The minimum atomic E-state index is -0.932. The lowest BCUT2D eigenvalue weighted by atomic mass is 9.77. The number of benzene rings is 1. The van der Waals surface area contributed by atoms with Crippen LogP contribution in [0.15, 0.2) is 18.2 Å². The highest BCUT2D eigenvalue weighted by Crippen LogP contribution is 2.38. The van der Waals surface area contributed by atoms with Crippen molar-refractivity contribution in [2.75, 3.05) is 26.8 Å². The van der Waals surface area contributed by atoms with Gasteiger partial charge in [-0.25, -0.2) is 4.79 Å². The van der Waals surface area contributed by atoms with Gasteiger partial charge in [0, 0.05) is 32.3 Å². The van der Waals surface area contributed by atoms with Gasteiger partial charge in [0.1, 0.15) is 17.9 Å². The molecule has 0 aromatic heterocycles. The average Bonchev–Trinajstić information content (AvgIpc) is 2.68. The molecular weight excluding hydrogens is 282 g/mol. The minimum Gasteiger partial charge on any atom is -0.491 e. The predicted molar refractivity (Wildman–Crippen MR) is 82.4 cm³/mol. The molecule has 0 atom stereocenters. The van der Waals surface area contributed by atoms with Gasteiger partial charge in [0.05, 0.1) is 5.60 Å². The van der Waals surface area contributed by atoms with Crippen LogP contribution in [0, 0.1) is 0 Å². The van der Waals surface area contributed by atoms with E-state index in [1.165, 1.54) is 6.42 Å². The molecule has 0 radical (unpaired) electrons. The fourth-order valence-electron chi connectivity index (χ4n) is 3.33. The standard InChI is InChI=1S/C17H23NO4/c1-21-17(6-3-7-17)8-9-18-10-11-22-15-13(12-18)4-2-5-14(15)16(19)20/h2,4-5H,3,6-12H2,1H3,(H,19,20). The van der Waals surface area contributed by atoms with Gasteiger partial charge < -0.3 is 14.6 Å². The fraction of sp³-hybridized carbons (Fsp3) is 0.588. The summed E-state index contributed by atoms with van der Waals surface area (Å²) in [6, 6.07) is 5.35. The lowest BCUT2D eigenvalue weighted by Gasteiger charge is -2.41. The maximum absolute atomic E-state index is 11.3. The molecule has 1 N–H and O–H groups in total. The molecule has 1 aliphatic heterocycles. The van der Waals surface area contributed by atoms with E-state index in [1.807, 2.05) is 6.07 Å². The number of carbonyl (C=O) groups is 1. The third-order valence-electron chi connectivity index (χ3n) is 4.96. The monoisotopic (exact) mass is 305 g/mol. The van der Waals surface area contributed by atoms with Crippen LogP contribution in [0.2, 0.25) is 0 Å². The van der Waals surface area contributed by atoms with E-state index >= 15 is 0 Å². The summed E-state index contributed by atoms with van der Waals surface area (Å²) in [5, 5.41) is 9.27. The zero-order valence-electron chi connectivity index (χ0n) is 13.0. The number of carboxylic acids is 1. The zero-order valence-corrected chi connectivity index (χ0v) is 13.0. The topological polar surface area (TPSA) is 59.0 Å². The van der Waals surface area contributed by atoms with E-state index in [9.17, 15) is 9.90 Å². The Labute approximate surface area is 130 Å². The first-order valence-electron chi connectivity index (χ1n) is 7.89. The van der Waals surface area contributed by atoms with Crippen molar-refractivity contribution >= 4 is 5.97 Å². The molecule has 0 spiro atoms. The molecule has 1 aromatic rings.